The van der Waals surface area contributed by atoms with Crippen molar-refractivity contribution in [2.75, 3.05) is 11.9 Å². The van der Waals surface area contributed by atoms with Crippen LogP contribution in [0, 0.1) is 0 Å². The van der Waals surface area contributed by atoms with Gasteiger partial charge in [-0.3, -0.25) is 4.79 Å². The number of hydrogen-bond donors (Lipinski definition) is 1. The zero-order valence-corrected chi connectivity index (χ0v) is 13.6. The largest absolute Gasteiger partial charge is 0.468 e. The number of carbonyl (C=O) groups excluding carboxylic acids is 1. The molecule has 1 heterocycles. The molecule has 0 fully saturated rings. The summed E-state index contributed by atoms with van der Waals surface area (Å²) in [6.07, 6.45) is 0. The van der Waals surface area contributed by atoms with Gasteiger partial charge in [-0.25, -0.2) is 4.98 Å². The molecule has 1 aromatic carbocycles. The molecular weight excluding hydrogens is 300 g/mol. The van der Waals surface area contributed by atoms with Gasteiger partial charge in [0.2, 0.25) is 5.88 Å². The van der Waals surface area contributed by atoms with Crippen molar-refractivity contribution < 1.29 is 9.53 Å². The van der Waals surface area contributed by atoms with Gasteiger partial charge in [-0.15, -0.1) is 0 Å². The van der Waals surface area contributed by atoms with Crippen molar-refractivity contribution >= 4 is 23.2 Å². The Morgan fingerprint density at radius 1 is 1.23 bits per heavy atom. The summed E-state index contributed by atoms with van der Waals surface area (Å²) in [6, 6.07) is 12.8. The fraction of sp³-hybridized carbons (Fsp3) is 0.294. The number of carbonyl (C=O) groups is 1. The lowest BCUT2D eigenvalue weighted by molar-refractivity contribution is -0.118. The van der Waals surface area contributed by atoms with Crippen LogP contribution in [0.5, 0.6) is 5.88 Å². The second kappa shape index (κ2) is 6.79. The van der Waals surface area contributed by atoms with E-state index in [0.717, 1.165) is 11.3 Å². The number of hydrogen-bond acceptors (Lipinski definition) is 3. The molecule has 0 saturated carbocycles. The summed E-state index contributed by atoms with van der Waals surface area (Å²) in [6.45, 7) is 6.10. The van der Waals surface area contributed by atoms with Gasteiger partial charge < -0.3 is 10.1 Å². The molecule has 4 nitrogen and oxygen atoms in total. The number of amides is 1. The Morgan fingerprint density at radius 2 is 1.91 bits per heavy atom. The van der Waals surface area contributed by atoms with Gasteiger partial charge in [-0.2, -0.15) is 0 Å². The summed E-state index contributed by atoms with van der Waals surface area (Å²) in [5, 5.41) is 3.10. The molecule has 5 heteroatoms. The van der Waals surface area contributed by atoms with Crippen molar-refractivity contribution in [1.82, 2.24) is 4.98 Å². The van der Waals surface area contributed by atoms with Crippen LogP contribution in [0.2, 0.25) is 5.15 Å². The highest BCUT2D eigenvalue weighted by molar-refractivity contribution is 6.29. The smallest absolute Gasteiger partial charge is 0.262 e. The molecule has 2 aromatic rings. The minimum atomic E-state index is -0.245. The first kappa shape index (κ1) is 16.3. The Balaban J connectivity index is 1.99. The Labute approximate surface area is 135 Å². The second-order valence-electron chi connectivity index (χ2n) is 5.97. The minimum absolute atomic E-state index is 0.0724. The minimum Gasteiger partial charge on any atom is -0.468 e. The van der Waals surface area contributed by atoms with E-state index >= 15 is 0 Å². The maximum Gasteiger partial charge on any atom is 0.262 e. The molecule has 0 aliphatic carbocycles. The summed E-state index contributed by atoms with van der Waals surface area (Å²) in [5.41, 5.74) is 1.66. The zero-order valence-electron chi connectivity index (χ0n) is 12.9. The molecule has 1 amide bonds. The van der Waals surface area contributed by atoms with E-state index in [-0.39, 0.29) is 17.9 Å². The SMILES string of the molecule is CC(C)(C)c1cc(Cl)nc(OCC(=O)Nc2ccccc2)c1. The molecule has 0 atom stereocenters. The van der Waals surface area contributed by atoms with Gasteiger partial charge in [0.25, 0.3) is 5.91 Å². The number of ether oxygens (including phenoxy) is 1. The zero-order chi connectivity index (χ0) is 16.2. The van der Waals surface area contributed by atoms with E-state index in [9.17, 15) is 4.79 Å². The number of aromatic nitrogens is 1. The maximum absolute atomic E-state index is 11.9. The predicted molar refractivity (Wildman–Crippen MR) is 88.5 cm³/mol. The Morgan fingerprint density at radius 3 is 2.55 bits per heavy atom. The van der Waals surface area contributed by atoms with Crippen molar-refractivity contribution in [3.05, 3.63) is 53.2 Å². The van der Waals surface area contributed by atoms with Crippen LogP contribution in [0.25, 0.3) is 0 Å². The van der Waals surface area contributed by atoms with Crippen molar-refractivity contribution in [3.63, 3.8) is 0 Å². The van der Waals surface area contributed by atoms with Gasteiger partial charge in [-0.05, 0) is 29.2 Å². The molecule has 0 bridgehead atoms. The molecule has 1 N–H and O–H groups in total. The van der Waals surface area contributed by atoms with Crippen molar-refractivity contribution in [3.8, 4) is 5.88 Å². The third-order valence-electron chi connectivity index (χ3n) is 3.05. The molecule has 0 aliphatic rings. The lowest BCUT2D eigenvalue weighted by atomic mass is 9.88. The van der Waals surface area contributed by atoms with Crippen LogP contribution < -0.4 is 10.1 Å². The third-order valence-corrected chi connectivity index (χ3v) is 3.24. The number of pyridine rings is 1. The summed E-state index contributed by atoms with van der Waals surface area (Å²) in [5.74, 6) is 0.103. The fourth-order valence-corrected chi connectivity index (χ4v) is 2.04. The number of anilines is 1. The summed E-state index contributed by atoms with van der Waals surface area (Å²) >= 11 is 6.01. The molecule has 2 rings (SSSR count). The van der Waals surface area contributed by atoms with Gasteiger partial charge in [-0.1, -0.05) is 50.6 Å². The standard InChI is InChI=1S/C17H19ClN2O2/c1-17(2,3)12-9-14(18)20-16(10-12)22-11-15(21)19-13-7-5-4-6-8-13/h4-10H,11H2,1-3H3,(H,19,21). The lowest BCUT2D eigenvalue weighted by Gasteiger charge is -2.19. The quantitative estimate of drug-likeness (QED) is 0.865. The normalized spacial score (nSPS) is 11.1. The maximum atomic E-state index is 11.9. The van der Waals surface area contributed by atoms with E-state index < -0.39 is 0 Å². The van der Waals surface area contributed by atoms with Crippen molar-refractivity contribution in [1.29, 1.82) is 0 Å². The molecule has 1 aromatic heterocycles. The molecular formula is C17H19ClN2O2. The number of nitrogens with zero attached hydrogens (tertiary/aromatic N) is 1. The molecule has 0 unspecified atom stereocenters. The summed E-state index contributed by atoms with van der Waals surface area (Å²) < 4.78 is 5.45. The monoisotopic (exact) mass is 318 g/mol. The van der Waals surface area contributed by atoms with Crippen LogP contribution in [0.15, 0.2) is 42.5 Å². The third kappa shape index (κ3) is 4.74. The average molecular weight is 319 g/mol. The Kier molecular flexibility index (Phi) is 5.03. The van der Waals surface area contributed by atoms with Crippen LogP contribution in [-0.2, 0) is 10.2 Å². The lowest BCUT2D eigenvalue weighted by Crippen LogP contribution is -2.20. The Bertz CT molecular complexity index is 651. The van der Waals surface area contributed by atoms with E-state index in [2.05, 4.69) is 31.1 Å². The van der Waals surface area contributed by atoms with Gasteiger partial charge in [0.1, 0.15) is 5.15 Å². The van der Waals surface area contributed by atoms with Gasteiger partial charge in [0.05, 0.1) is 0 Å². The first-order chi connectivity index (χ1) is 10.3. The summed E-state index contributed by atoms with van der Waals surface area (Å²) in [7, 11) is 0. The molecule has 0 spiro atoms. The molecule has 0 aliphatic heterocycles. The van der Waals surface area contributed by atoms with E-state index in [4.69, 9.17) is 16.3 Å². The number of rotatable bonds is 4. The first-order valence-electron chi connectivity index (χ1n) is 7.00. The van der Waals surface area contributed by atoms with Gasteiger partial charge in [0.15, 0.2) is 6.61 Å². The highest BCUT2D eigenvalue weighted by Gasteiger charge is 2.16. The van der Waals surface area contributed by atoms with Crippen LogP contribution in [0.4, 0.5) is 5.69 Å². The molecule has 0 saturated heterocycles. The fourth-order valence-electron chi connectivity index (χ4n) is 1.84. The Hall–Kier alpha value is -2.07. The number of nitrogens with one attached hydrogen (secondary N) is 1. The topological polar surface area (TPSA) is 51.2 Å². The molecule has 116 valence electrons. The highest BCUT2D eigenvalue weighted by Crippen LogP contribution is 2.27. The van der Waals surface area contributed by atoms with E-state index in [0.29, 0.717) is 11.0 Å². The average Bonchev–Trinajstić information content (AvgIpc) is 2.45. The molecule has 22 heavy (non-hydrogen) atoms. The van der Waals surface area contributed by atoms with Gasteiger partial charge >= 0.3 is 0 Å². The van der Waals surface area contributed by atoms with Crippen molar-refractivity contribution in [2.24, 2.45) is 0 Å². The first-order valence-corrected chi connectivity index (χ1v) is 7.38. The second-order valence-corrected chi connectivity index (χ2v) is 6.36. The van der Waals surface area contributed by atoms with E-state index in [1.54, 1.807) is 6.07 Å². The van der Waals surface area contributed by atoms with Crippen molar-refractivity contribution in [2.45, 2.75) is 26.2 Å². The van der Waals surface area contributed by atoms with Gasteiger partial charge in [0, 0.05) is 11.8 Å². The van der Waals surface area contributed by atoms with Crippen LogP contribution >= 0.6 is 11.6 Å². The number of halogens is 1. The number of para-hydroxylation sites is 1. The van der Waals surface area contributed by atoms with E-state index in [1.165, 1.54) is 0 Å². The molecule has 0 radical (unpaired) electrons. The highest BCUT2D eigenvalue weighted by atomic mass is 35.5. The van der Waals surface area contributed by atoms with Crippen LogP contribution in [0.3, 0.4) is 0 Å². The summed E-state index contributed by atoms with van der Waals surface area (Å²) in [4.78, 5) is 15.9. The van der Waals surface area contributed by atoms with Crippen LogP contribution in [0.1, 0.15) is 26.3 Å². The predicted octanol–water partition coefficient (Wildman–Crippen LogP) is 4.05. The van der Waals surface area contributed by atoms with E-state index in [1.807, 2.05) is 36.4 Å². The van der Waals surface area contributed by atoms with Crippen LogP contribution in [-0.4, -0.2) is 17.5 Å². The number of benzene rings is 1.